The number of fused-ring (bicyclic) bond motifs is 1. The highest BCUT2D eigenvalue weighted by Crippen LogP contribution is 2.42. The molecule has 1 aliphatic heterocycles. The number of hydrogen-bond acceptors (Lipinski definition) is 4. The fraction of sp³-hybridized carbons (Fsp3) is 0.174. The zero-order chi connectivity index (χ0) is 23.6. The highest BCUT2D eigenvalue weighted by Gasteiger charge is 2.36. The topological polar surface area (TPSA) is 74.3 Å². The average Bonchev–Trinajstić information content (AvgIpc) is 3.22. The standard InChI is InChI=1S/C23H19F3N4O2S/c1-33-20-12-15-8-11-30(19(15)13-18(20)23(24,25)26)22(32)29-16-4-2-14(3-5-16)21(31)28-17-6-9-27-10-7-17/h2-7,9-10,12-13H,8,11H2,1H3,(H,29,32)(H,27,28,31). The summed E-state index contributed by atoms with van der Waals surface area (Å²) in [5.74, 6) is -0.322. The van der Waals surface area contributed by atoms with E-state index < -0.39 is 17.8 Å². The van der Waals surface area contributed by atoms with Gasteiger partial charge in [0.05, 0.1) is 5.56 Å². The maximum Gasteiger partial charge on any atom is 0.417 e. The van der Waals surface area contributed by atoms with Crippen LogP contribution < -0.4 is 15.5 Å². The lowest BCUT2D eigenvalue weighted by atomic mass is 10.1. The molecule has 0 atom stereocenters. The van der Waals surface area contributed by atoms with E-state index in [1.807, 2.05) is 0 Å². The summed E-state index contributed by atoms with van der Waals surface area (Å²) in [6.45, 7) is 0.280. The molecule has 170 valence electrons. The summed E-state index contributed by atoms with van der Waals surface area (Å²) in [6.07, 6.45) is 0.680. The second-order valence-electron chi connectivity index (χ2n) is 7.28. The number of thioether (sulfide) groups is 1. The SMILES string of the molecule is CSc1cc2c(cc1C(F)(F)F)N(C(=O)Nc1ccc(C(=O)Nc3ccncc3)cc1)CC2. The van der Waals surface area contributed by atoms with Crippen molar-refractivity contribution in [3.63, 3.8) is 0 Å². The van der Waals surface area contributed by atoms with E-state index in [0.717, 1.165) is 17.8 Å². The number of urea groups is 1. The first-order valence-corrected chi connectivity index (χ1v) is 11.2. The number of alkyl halides is 3. The van der Waals surface area contributed by atoms with Crippen molar-refractivity contribution < 1.29 is 22.8 Å². The number of pyridine rings is 1. The Labute approximate surface area is 192 Å². The largest absolute Gasteiger partial charge is 0.417 e. The van der Waals surface area contributed by atoms with Gasteiger partial charge in [0.15, 0.2) is 0 Å². The first-order valence-electron chi connectivity index (χ1n) is 9.94. The Bertz CT molecular complexity index is 1180. The Hall–Kier alpha value is -3.53. The third-order valence-electron chi connectivity index (χ3n) is 5.18. The van der Waals surface area contributed by atoms with Gasteiger partial charge in [-0.3, -0.25) is 14.7 Å². The monoisotopic (exact) mass is 472 g/mol. The molecule has 0 spiro atoms. The molecule has 3 aromatic rings. The minimum atomic E-state index is -4.51. The van der Waals surface area contributed by atoms with E-state index in [9.17, 15) is 22.8 Å². The van der Waals surface area contributed by atoms with Crippen LogP contribution in [0.3, 0.4) is 0 Å². The first-order chi connectivity index (χ1) is 15.8. The molecule has 4 rings (SSSR count). The molecule has 1 aliphatic rings. The lowest BCUT2D eigenvalue weighted by molar-refractivity contribution is -0.139. The number of halogens is 3. The lowest BCUT2D eigenvalue weighted by Gasteiger charge is -2.20. The molecule has 2 N–H and O–H groups in total. The first kappa shape index (κ1) is 22.7. The third kappa shape index (κ3) is 4.95. The van der Waals surface area contributed by atoms with Gasteiger partial charge in [0.1, 0.15) is 0 Å². The van der Waals surface area contributed by atoms with Gasteiger partial charge in [-0.1, -0.05) is 0 Å². The average molecular weight is 472 g/mol. The molecular formula is C23H19F3N4O2S. The van der Waals surface area contributed by atoms with E-state index in [0.29, 0.717) is 28.9 Å². The fourth-order valence-corrected chi connectivity index (χ4v) is 4.21. The minimum Gasteiger partial charge on any atom is -0.322 e. The van der Waals surface area contributed by atoms with E-state index in [1.165, 1.54) is 11.0 Å². The van der Waals surface area contributed by atoms with Gasteiger partial charge >= 0.3 is 12.2 Å². The summed E-state index contributed by atoms with van der Waals surface area (Å²) in [7, 11) is 0. The molecule has 0 aliphatic carbocycles. The number of aromatic nitrogens is 1. The molecule has 10 heteroatoms. The summed E-state index contributed by atoms with van der Waals surface area (Å²) in [6, 6.07) is 11.6. The number of rotatable bonds is 4. The zero-order valence-corrected chi connectivity index (χ0v) is 18.3. The maximum atomic E-state index is 13.5. The molecule has 1 aromatic heterocycles. The Balaban J connectivity index is 1.47. The van der Waals surface area contributed by atoms with Gasteiger partial charge in [0.25, 0.3) is 5.91 Å². The van der Waals surface area contributed by atoms with Crippen LogP contribution in [0, 0.1) is 0 Å². The van der Waals surface area contributed by atoms with E-state index >= 15 is 0 Å². The van der Waals surface area contributed by atoms with Crippen molar-refractivity contribution in [2.45, 2.75) is 17.5 Å². The van der Waals surface area contributed by atoms with E-state index in [2.05, 4.69) is 15.6 Å². The molecule has 33 heavy (non-hydrogen) atoms. The third-order valence-corrected chi connectivity index (χ3v) is 5.96. The molecule has 0 bridgehead atoms. The molecule has 0 fully saturated rings. The molecule has 6 nitrogen and oxygen atoms in total. The molecule has 3 amide bonds. The number of nitrogens with one attached hydrogen (secondary N) is 2. The highest BCUT2D eigenvalue weighted by molar-refractivity contribution is 7.98. The summed E-state index contributed by atoms with van der Waals surface area (Å²) < 4.78 is 40.4. The zero-order valence-electron chi connectivity index (χ0n) is 17.4. The van der Waals surface area contributed by atoms with Gasteiger partial charge in [-0.2, -0.15) is 13.2 Å². The Morgan fingerprint density at radius 1 is 1.00 bits per heavy atom. The Kier molecular flexibility index (Phi) is 6.28. The smallest absolute Gasteiger partial charge is 0.322 e. The normalized spacial score (nSPS) is 12.9. The van der Waals surface area contributed by atoms with E-state index in [1.54, 1.807) is 55.0 Å². The summed E-state index contributed by atoms with van der Waals surface area (Å²) in [5.41, 5.74) is 1.61. The number of amides is 3. The second-order valence-corrected chi connectivity index (χ2v) is 8.13. The van der Waals surface area contributed by atoms with Gasteiger partial charge < -0.3 is 10.6 Å². The quantitative estimate of drug-likeness (QED) is 0.480. The Morgan fingerprint density at radius 2 is 1.67 bits per heavy atom. The predicted octanol–water partition coefficient (Wildman–Crippen LogP) is 5.67. The van der Waals surface area contributed by atoms with Gasteiger partial charge in [-0.15, -0.1) is 11.8 Å². The number of nitrogens with zero attached hydrogens (tertiary/aromatic N) is 2. The van der Waals surface area contributed by atoms with Crippen molar-refractivity contribution in [3.05, 3.63) is 77.6 Å². The van der Waals surface area contributed by atoms with Gasteiger partial charge in [0, 0.05) is 46.5 Å². The fourth-order valence-electron chi connectivity index (χ4n) is 3.55. The predicted molar refractivity (Wildman–Crippen MR) is 122 cm³/mol. The molecule has 0 saturated heterocycles. The summed E-state index contributed by atoms with van der Waals surface area (Å²) in [5, 5.41) is 5.42. The van der Waals surface area contributed by atoms with E-state index in [4.69, 9.17) is 0 Å². The van der Waals surface area contributed by atoms with Crippen molar-refractivity contribution in [3.8, 4) is 0 Å². The van der Waals surface area contributed by atoms with Crippen LogP contribution >= 0.6 is 11.8 Å². The maximum absolute atomic E-state index is 13.5. The molecule has 2 aromatic carbocycles. The van der Waals surface area contributed by atoms with Crippen LogP contribution in [0.5, 0.6) is 0 Å². The van der Waals surface area contributed by atoms with Crippen LogP contribution in [0.4, 0.5) is 35.0 Å². The summed E-state index contributed by atoms with van der Waals surface area (Å²) >= 11 is 1.03. The molecule has 0 unspecified atom stereocenters. The van der Waals surface area contributed by atoms with Crippen LogP contribution in [-0.2, 0) is 12.6 Å². The molecule has 0 saturated carbocycles. The number of benzene rings is 2. The molecular weight excluding hydrogens is 453 g/mol. The van der Waals surface area contributed by atoms with Crippen molar-refractivity contribution >= 4 is 40.8 Å². The van der Waals surface area contributed by atoms with Crippen LogP contribution in [0.2, 0.25) is 0 Å². The molecule has 0 radical (unpaired) electrons. The highest BCUT2D eigenvalue weighted by atomic mass is 32.2. The van der Waals surface area contributed by atoms with E-state index in [-0.39, 0.29) is 23.0 Å². The van der Waals surface area contributed by atoms with Crippen LogP contribution in [0.1, 0.15) is 21.5 Å². The number of anilines is 3. The lowest BCUT2D eigenvalue weighted by Crippen LogP contribution is -2.33. The van der Waals surface area contributed by atoms with Gasteiger partial charge in [0.2, 0.25) is 0 Å². The van der Waals surface area contributed by atoms with Gasteiger partial charge in [-0.05, 0) is 66.8 Å². The number of carbonyl (C=O) groups is 2. The van der Waals surface area contributed by atoms with Crippen molar-refractivity contribution in [1.82, 2.24) is 4.98 Å². The Morgan fingerprint density at radius 3 is 2.30 bits per heavy atom. The van der Waals surface area contributed by atoms with Gasteiger partial charge in [-0.25, -0.2) is 4.79 Å². The number of carbonyl (C=O) groups excluding carboxylic acids is 2. The van der Waals surface area contributed by atoms with Crippen molar-refractivity contribution in [2.24, 2.45) is 0 Å². The minimum absolute atomic E-state index is 0.143. The molecule has 2 heterocycles. The van der Waals surface area contributed by atoms with Crippen LogP contribution in [-0.4, -0.2) is 29.7 Å². The second kappa shape index (κ2) is 9.14. The van der Waals surface area contributed by atoms with Crippen molar-refractivity contribution in [1.29, 1.82) is 0 Å². The summed E-state index contributed by atoms with van der Waals surface area (Å²) in [4.78, 5) is 30.5. The van der Waals surface area contributed by atoms with Crippen LogP contribution in [0.25, 0.3) is 0 Å². The van der Waals surface area contributed by atoms with Crippen LogP contribution in [0.15, 0.2) is 65.8 Å². The van der Waals surface area contributed by atoms with Crippen molar-refractivity contribution in [2.75, 3.05) is 28.3 Å². The number of hydrogen-bond donors (Lipinski definition) is 2.